The molecule has 0 aliphatic heterocycles. The molecule has 1 amide bonds. The summed E-state index contributed by atoms with van der Waals surface area (Å²) >= 11 is 1.32. The Hall–Kier alpha value is -3.00. The van der Waals surface area contributed by atoms with Crippen molar-refractivity contribution in [1.82, 2.24) is 10.1 Å². The standard InChI is InChI=1S/C30H37N3O4S/c1-16(2)9-19-11-22(12-19)29-27(20-6-7-20)28(33-37-29)21(14-26-32-24(15-38-26)30(35)36)13-25(34)31-23-8-5-17(3)10-18(23)4/h5,8,10,15-16,19-22H,6-7,9,11-14H2,1-4H3,(H,31,34)(H,35,36). The lowest BCUT2D eigenvalue weighted by molar-refractivity contribution is -0.116. The summed E-state index contributed by atoms with van der Waals surface area (Å²) < 4.78 is 6.06. The van der Waals surface area contributed by atoms with E-state index in [-0.39, 0.29) is 23.9 Å². The topological polar surface area (TPSA) is 105 Å². The summed E-state index contributed by atoms with van der Waals surface area (Å²) in [7, 11) is 0. The van der Waals surface area contributed by atoms with Crippen molar-refractivity contribution < 1.29 is 19.2 Å². The highest BCUT2D eigenvalue weighted by molar-refractivity contribution is 7.09. The summed E-state index contributed by atoms with van der Waals surface area (Å²) in [6.07, 6.45) is 6.42. The first kappa shape index (κ1) is 26.6. The highest BCUT2D eigenvalue weighted by atomic mass is 32.1. The van der Waals surface area contributed by atoms with Crippen molar-refractivity contribution >= 4 is 28.9 Å². The molecule has 2 N–H and O–H groups in total. The number of aromatic nitrogens is 2. The number of anilines is 1. The van der Waals surface area contributed by atoms with Gasteiger partial charge in [0.15, 0.2) is 5.69 Å². The number of amides is 1. The van der Waals surface area contributed by atoms with Crippen molar-refractivity contribution in [1.29, 1.82) is 0 Å². The summed E-state index contributed by atoms with van der Waals surface area (Å²) in [6.45, 7) is 8.57. The molecule has 2 saturated carbocycles. The Morgan fingerprint density at radius 1 is 1.18 bits per heavy atom. The second kappa shape index (κ2) is 11.0. The Bertz CT molecular complexity index is 1320. The minimum Gasteiger partial charge on any atom is -0.476 e. The molecule has 8 heteroatoms. The molecule has 202 valence electrons. The predicted molar refractivity (Wildman–Crippen MR) is 148 cm³/mol. The number of carbonyl (C=O) groups is 2. The van der Waals surface area contributed by atoms with Crippen LogP contribution < -0.4 is 5.32 Å². The van der Waals surface area contributed by atoms with Crippen LogP contribution in [0.4, 0.5) is 5.69 Å². The van der Waals surface area contributed by atoms with Crippen LogP contribution in [0.3, 0.4) is 0 Å². The molecule has 38 heavy (non-hydrogen) atoms. The molecule has 2 heterocycles. The third-order valence-electron chi connectivity index (χ3n) is 7.85. The van der Waals surface area contributed by atoms with Gasteiger partial charge in [0, 0.05) is 41.3 Å². The average Bonchev–Trinajstić information content (AvgIpc) is 3.38. The number of aryl methyl sites for hydroxylation is 2. The Morgan fingerprint density at radius 2 is 1.95 bits per heavy atom. The Kier molecular flexibility index (Phi) is 7.70. The minimum absolute atomic E-state index is 0.0393. The number of nitrogens with zero attached hydrogens (tertiary/aromatic N) is 2. The number of hydrogen-bond acceptors (Lipinski definition) is 6. The van der Waals surface area contributed by atoms with E-state index < -0.39 is 5.97 Å². The molecule has 2 aromatic heterocycles. The fourth-order valence-corrected chi connectivity index (χ4v) is 6.71. The first-order valence-corrected chi connectivity index (χ1v) is 14.6. The van der Waals surface area contributed by atoms with Crippen LogP contribution in [0.25, 0.3) is 0 Å². The molecular formula is C30H37N3O4S. The van der Waals surface area contributed by atoms with Gasteiger partial charge >= 0.3 is 5.97 Å². The van der Waals surface area contributed by atoms with E-state index in [1.54, 1.807) is 5.38 Å². The van der Waals surface area contributed by atoms with Crippen LogP contribution in [0, 0.1) is 25.7 Å². The SMILES string of the molecule is Cc1ccc(NC(=O)CC(Cc2nc(C(=O)O)cs2)c2noc(C3CC(CC(C)C)C3)c2C2CC2)c(C)c1. The molecule has 2 aliphatic rings. The van der Waals surface area contributed by atoms with Crippen LogP contribution in [-0.2, 0) is 11.2 Å². The highest BCUT2D eigenvalue weighted by Gasteiger charge is 2.41. The maximum absolute atomic E-state index is 13.3. The number of aromatic carboxylic acids is 1. The minimum atomic E-state index is -1.04. The zero-order valence-electron chi connectivity index (χ0n) is 22.6. The molecule has 5 rings (SSSR count). The maximum Gasteiger partial charge on any atom is 0.355 e. The number of carboxylic acids is 1. The zero-order chi connectivity index (χ0) is 27.0. The molecule has 0 spiro atoms. The molecule has 1 unspecified atom stereocenters. The average molecular weight is 536 g/mol. The van der Waals surface area contributed by atoms with Gasteiger partial charge in [-0.05, 0) is 75.3 Å². The van der Waals surface area contributed by atoms with Crippen molar-refractivity contribution in [3.05, 3.63) is 62.4 Å². The maximum atomic E-state index is 13.3. The summed E-state index contributed by atoms with van der Waals surface area (Å²) in [5.41, 5.74) is 5.07. The Labute approximate surface area is 228 Å². The van der Waals surface area contributed by atoms with Gasteiger partial charge in [-0.15, -0.1) is 11.3 Å². The number of thiazole rings is 1. The van der Waals surface area contributed by atoms with Crippen molar-refractivity contribution in [2.75, 3.05) is 5.32 Å². The van der Waals surface area contributed by atoms with Gasteiger partial charge in [0.2, 0.25) is 5.91 Å². The van der Waals surface area contributed by atoms with Crippen LogP contribution >= 0.6 is 11.3 Å². The summed E-state index contributed by atoms with van der Waals surface area (Å²) in [5, 5.41) is 19.3. The van der Waals surface area contributed by atoms with Crippen LogP contribution in [0.5, 0.6) is 0 Å². The molecule has 7 nitrogen and oxygen atoms in total. The van der Waals surface area contributed by atoms with Crippen molar-refractivity contribution in [2.24, 2.45) is 11.8 Å². The lowest BCUT2D eigenvalue weighted by atomic mass is 9.69. The first-order chi connectivity index (χ1) is 18.2. The summed E-state index contributed by atoms with van der Waals surface area (Å²) in [4.78, 5) is 29.0. The predicted octanol–water partition coefficient (Wildman–Crippen LogP) is 7.22. The number of carbonyl (C=O) groups excluding carboxylic acids is 1. The molecule has 2 aliphatic carbocycles. The quantitative estimate of drug-likeness (QED) is 0.269. The van der Waals surface area contributed by atoms with Gasteiger partial charge in [-0.25, -0.2) is 9.78 Å². The smallest absolute Gasteiger partial charge is 0.355 e. The summed E-state index contributed by atoms with van der Waals surface area (Å²) in [5.74, 6) is 1.92. The van der Waals surface area contributed by atoms with Gasteiger partial charge in [0.05, 0.1) is 10.7 Å². The van der Waals surface area contributed by atoms with E-state index in [2.05, 4.69) is 35.4 Å². The van der Waals surface area contributed by atoms with E-state index in [9.17, 15) is 14.7 Å². The third kappa shape index (κ3) is 6.01. The second-order valence-electron chi connectivity index (χ2n) is 11.7. The van der Waals surface area contributed by atoms with Crippen LogP contribution in [0.15, 0.2) is 28.1 Å². The lowest BCUT2D eigenvalue weighted by Crippen LogP contribution is -2.24. The largest absolute Gasteiger partial charge is 0.476 e. The molecule has 0 radical (unpaired) electrons. The fraction of sp³-hybridized carbons (Fsp3) is 0.533. The number of nitrogens with one attached hydrogen (secondary N) is 1. The van der Waals surface area contributed by atoms with Crippen molar-refractivity contribution in [3.8, 4) is 0 Å². The van der Waals surface area contributed by atoms with E-state index in [1.807, 2.05) is 26.0 Å². The van der Waals surface area contributed by atoms with E-state index in [4.69, 9.17) is 4.52 Å². The van der Waals surface area contributed by atoms with Gasteiger partial charge < -0.3 is 14.9 Å². The van der Waals surface area contributed by atoms with Crippen molar-refractivity contribution in [3.63, 3.8) is 0 Å². The van der Waals surface area contributed by atoms with Gasteiger partial charge in [0.1, 0.15) is 5.76 Å². The number of benzene rings is 1. The zero-order valence-corrected chi connectivity index (χ0v) is 23.4. The van der Waals surface area contributed by atoms with Gasteiger partial charge in [-0.1, -0.05) is 36.7 Å². The third-order valence-corrected chi connectivity index (χ3v) is 8.72. The van der Waals surface area contributed by atoms with Crippen molar-refractivity contribution in [2.45, 2.75) is 90.4 Å². The van der Waals surface area contributed by atoms with E-state index in [0.717, 1.165) is 59.9 Å². The molecule has 1 aromatic carbocycles. The second-order valence-corrected chi connectivity index (χ2v) is 12.6. The first-order valence-electron chi connectivity index (χ1n) is 13.7. The highest BCUT2D eigenvalue weighted by Crippen LogP contribution is 2.52. The molecular weight excluding hydrogens is 498 g/mol. The number of carboxylic acid groups (broad SMARTS) is 1. The van der Waals surface area contributed by atoms with E-state index in [1.165, 1.54) is 23.3 Å². The Balaban J connectivity index is 1.40. The monoisotopic (exact) mass is 535 g/mol. The van der Waals surface area contributed by atoms with Crippen LogP contribution in [-0.4, -0.2) is 27.1 Å². The van der Waals surface area contributed by atoms with Gasteiger partial charge in [0.25, 0.3) is 0 Å². The molecule has 0 saturated heterocycles. The molecule has 0 bridgehead atoms. The van der Waals surface area contributed by atoms with Crippen LogP contribution in [0.2, 0.25) is 0 Å². The molecule has 1 atom stereocenters. The molecule has 2 fully saturated rings. The number of rotatable bonds is 11. The van der Waals surface area contributed by atoms with E-state index >= 15 is 0 Å². The Morgan fingerprint density at radius 3 is 2.58 bits per heavy atom. The lowest BCUT2D eigenvalue weighted by Gasteiger charge is -2.35. The van der Waals surface area contributed by atoms with E-state index in [0.29, 0.717) is 29.2 Å². The molecule has 3 aromatic rings. The number of hydrogen-bond donors (Lipinski definition) is 2. The fourth-order valence-electron chi connectivity index (χ4n) is 5.86. The summed E-state index contributed by atoms with van der Waals surface area (Å²) in [6, 6.07) is 5.98. The van der Waals surface area contributed by atoms with Gasteiger partial charge in [-0.2, -0.15) is 0 Å². The normalized spacial score (nSPS) is 19.8. The van der Waals surface area contributed by atoms with Crippen LogP contribution in [0.1, 0.15) is 114 Å². The van der Waals surface area contributed by atoms with Gasteiger partial charge in [-0.3, -0.25) is 4.79 Å².